The van der Waals surface area contributed by atoms with Gasteiger partial charge in [-0.15, -0.1) is 0 Å². The molecule has 0 fully saturated rings. The van der Waals surface area contributed by atoms with Crippen LogP contribution in [0.5, 0.6) is 0 Å². The predicted octanol–water partition coefficient (Wildman–Crippen LogP) is 3.29. The largest absolute Gasteiger partial charge is 0.330 e. The van der Waals surface area contributed by atoms with Crippen molar-refractivity contribution in [2.45, 2.75) is 64.7 Å². The van der Waals surface area contributed by atoms with Crippen LogP contribution < -0.4 is 5.73 Å². The van der Waals surface area contributed by atoms with E-state index in [-0.39, 0.29) is 5.92 Å². The molecule has 0 aromatic heterocycles. The van der Waals surface area contributed by atoms with Crippen molar-refractivity contribution in [3.05, 3.63) is 0 Å². The van der Waals surface area contributed by atoms with Gasteiger partial charge in [0.15, 0.2) is 0 Å². The van der Waals surface area contributed by atoms with Crippen LogP contribution in [0.15, 0.2) is 0 Å². The molecule has 0 bridgehead atoms. The fourth-order valence-electron chi connectivity index (χ4n) is 1.86. The second-order valence-electron chi connectivity index (χ2n) is 4.38. The maximum absolute atomic E-state index is 10.6. The molecule has 2 N–H and O–H groups in total. The summed E-state index contributed by atoms with van der Waals surface area (Å²) >= 11 is 0. The molecule has 0 aromatic rings. The smallest absolute Gasteiger partial charge is 0.123 e. The molecule has 0 saturated heterocycles. The Balaban J connectivity index is 3.17. The van der Waals surface area contributed by atoms with Gasteiger partial charge in [0, 0.05) is 5.92 Å². The number of aldehydes is 1. The second kappa shape index (κ2) is 11.7. The Labute approximate surface area is 94.6 Å². The van der Waals surface area contributed by atoms with E-state index in [1.807, 2.05) is 0 Å². The van der Waals surface area contributed by atoms with Gasteiger partial charge in [0.25, 0.3) is 0 Å². The number of unbranched alkanes of at least 4 members (excludes halogenated alkanes) is 6. The third kappa shape index (κ3) is 9.92. The van der Waals surface area contributed by atoms with Crippen LogP contribution >= 0.6 is 0 Å². The minimum Gasteiger partial charge on any atom is -0.330 e. The van der Waals surface area contributed by atoms with Gasteiger partial charge in [-0.2, -0.15) is 0 Å². The van der Waals surface area contributed by atoms with Crippen LogP contribution in [0.1, 0.15) is 64.7 Å². The van der Waals surface area contributed by atoms with Gasteiger partial charge in [-0.25, -0.2) is 0 Å². The van der Waals surface area contributed by atoms with E-state index in [1.165, 1.54) is 44.9 Å². The first-order chi connectivity index (χ1) is 7.35. The van der Waals surface area contributed by atoms with Crippen LogP contribution in [-0.2, 0) is 4.79 Å². The summed E-state index contributed by atoms with van der Waals surface area (Å²) < 4.78 is 0. The average molecular weight is 213 g/mol. The number of carbonyl (C=O) groups is 1. The molecule has 15 heavy (non-hydrogen) atoms. The van der Waals surface area contributed by atoms with Crippen molar-refractivity contribution >= 4 is 6.29 Å². The molecular formula is C13H27NO. The first-order valence-electron chi connectivity index (χ1n) is 6.50. The lowest BCUT2D eigenvalue weighted by Crippen LogP contribution is -2.09. The maximum atomic E-state index is 10.6. The molecule has 1 unspecified atom stereocenters. The maximum Gasteiger partial charge on any atom is 0.123 e. The molecule has 0 aliphatic heterocycles. The third-order valence-electron chi connectivity index (χ3n) is 2.91. The van der Waals surface area contributed by atoms with Gasteiger partial charge in [-0.1, -0.05) is 51.9 Å². The Kier molecular flexibility index (Phi) is 11.4. The van der Waals surface area contributed by atoms with Gasteiger partial charge in [0.2, 0.25) is 0 Å². The topological polar surface area (TPSA) is 43.1 Å². The third-order valence-corrected chi connectivity index (χ3v) is 2.91. The van der Waals surface area contributed by atoms with Crippen LogP contribution in [0, 0.1) is 5.92 Å². The SMILES string of the molecule is CCCCCCCCCC(C=O)CCN. The summed E-state index contributed by atoms with van der Waals surface area (Å²) in [5.74, 6) is 0.214. The van der Waals surface area contributed by atoms with Crippen LogP contribution in [0.3, 0.4) is 0 Å². The Bertz CT molecular complexity index is 136. The van der Waals surface area contributed by atoms with Crippen molar-refractivity contribution in [1.29, 1.82) is 0 Å². The van der Waals surface area contributed by atoms with E-state index >= 15 is 0 Å². The molecule has 0 spiro atoms. The van der Waals surface area contributed by atoms with Crippen LogP contribution in [0.25, 0.3) is 0 Å². The standard InChI is InChI=1S/C13H27NO/c1-2-3-4-5-6-7-8-9-13(12-15)10-11-14/h12-13H,2-11,14H2,1H3. The van der Waals surface area contributed by atoms with E-state index in [9.17, 15) is 4.79 Å². The number of hydrogen-bond acceptors (Lipinski definition) is 2. The van der Waals surface area contributed by atoms with Crippen molar-refractivity contribution < 1.29 is 4.79 Å². The first kappa shape index (κ1) is 14.6. The summed E-state index contributed by atoms with van der Waals surface area (Å²) in [7, 11) is 0. The Hall–Kier alpha value is -0.370. The molecule has 2 nitrogen and oxygen atoms in total. The lowest BCUT2D eigenvalue weighted by Gasteiger charge is -2.07. The fourth-order valence-corrected chi connectivity index (χ4v) is 1.86. The zero-order valence-corrected chi connectivity index (χ0v) is 10.2. The molecule has 1 atom stereocenters. The summed E-state index contributed by atoms with van der Waals surface area (Å²) in [6.45, 7) is 2.88. The summed E-state index contributed by atoms with van der Waals surface area (Å²) in [6.07, 6.45) is 12.2. The summed E-state index contributed by atoms with van der Waals surface area (Å²) in [6, 6.07) is 0. The normalized spacial score (nSPS) is 12.7. The molecule has 0 saturated carbocycles. The Morgan fingerprint density at radius 1 is 1.00 bits per heavy atom. The molecule has 0 aliphatic carbocycles. The second-order valence-corrected chi connectivity index (χ2v) is 4.38. The number of nitrogens with two attached hydrogens (primary N) is 1. The lowest BCUT2D eigenvalue weighted by molar-refractivity contribution is -0.111. The first-order valence-corrected chi connectivity index (χ1v) is 6.50. The van der Waals surface area contributed by atoms with Gasteiger partial charge in [-0.3, -0.25) is 0 Å². The van der Waals surface area contributed by atoms with E-state index in [0.29, 0.717) is 6.54 Å². The number of hydrogen-bond donors (Lipinski definition) is 1. The highest BCUT2D eigenvalue weighted by Crippen LogP contribution is 2.13. The fraction of sp³-hybridized carbons (Fsp3) is 0.923. The van der Waals surface area contributed by atoms with Crippen LogP contribution in [0.4, 0.5) is 0 Å². The van der Waals surface area contributed by atoms with Crippen molar-refractivity contribution in [2.75, 3.05) is 6.54 Å². The molecule has 0 amide bonds. The van der Waals surface area contributed by atoms with Crippen LogP contribution in [-0.4, -0.2) is 12.8 Å². The van der Waals surface area contributed by atoms with Gasteiger partial charge in [0.1, 0.15) is 6.29 Å². The minimum atomic E-state index is 0.214. The monoisotopic (exact) mass is 213 g/mol. The molecular weight excluding hydrogens is 186 g/mol. The molecule has 90 valence electrons. The zero-order valence-electron chi connectivity index (χ0n) is 10.2. The zero-order chi connectivity index (χ0) is 11.4. The van der Waals surface area contributed by atoms with Gasteiger partial charge < -0.3 is 10.5 Å². The van der Waals surface area contributed by atoms with E-state index in [2.05, 4.69) is 6.92 Å². The molecule has 2 heteroatoms. The van der Waals surface area contributed by atoms with Crippen molar-refractivity contribution in [1.82, 2.24) is 0 Å². The quantitative estimate of drug-likeness (QED) is 0.423. The van der Waals surface area contributed by atoms with Gasteiger partial charge in [-0.05, 0) is 19.4 Å². The van der Waals surface area contributed by atoms with E-state index in [0.717, 1.165) is 19.1 Å². The van der Waals surface area contributed by atoms with Crippen molar-refractivity contribution in [3.63, 3.8) is 0 Å². The molecule has 0 aromatic carbocycles. The summed E-state index contributed by atoms with van der Waals surface area (Å²) in [5.41, 5.74) is 5.43. The van der Waals surface area contributed by atoms with Crippen LogP contribution in [0.2, 0.25) is 0 Å². The highest BCUT2D eigenvalue weighted by molar-refractivity contribution is 5.53. The molecule has 0 radical (unpaired) electrons. The highest BCUT2D eigenvalue weighted by atomic mass is 16.1. The average Bonchev–Trinajstić information content (AvgIpc) is 2.26. The minimum absolute atomic E-state index is 0.214. The van der Waals surface area contributed by atoms with Gasteiger partial charge >= 0.3 is 0 Å². The van der Waals surface area contributed by atoms with E-state index in [1.54, 1.807) is 0 Å². The summed E-state index contributed by atoms with van der Waals surface area (Å²) in [5, 5.41) is 0. The number of carbonyl (C=O) groups excluding carboxylic acids is 1. The summed E-state index contributed by atoms with van der Waals surface area (Å²) in [4.78, 5) is 10.6. The van der Waals surface area contributed by atoms with Crippen molar-refractivity contribution in [2.24, 2.45) is 11.7 Å². The van der Waals surface area contributed by atoms with E-state index in [4.69, 9.17) is 5.73 Å². The highest BCUT2D eigenvalue weighted by Gasteiger charge is 2.04. The lowest BCUT2D eigenvalue weighted by atomic mass is 9.98. The Morgan fingerprint density at radius 2 is 1.60 bits per heavy atom. The number of rotatable bonds is 11. The molecule has 0 heterocycles. The molecule has 0 rings (SSSR count). The van der Waals surface area contributed by atoms with E-state index < -0.39 is 0 Å². The van der Waals surface area contributed by atoms with Crippen molar-refractivity contribution in [3.8, 4) is 0 Å². The predicted molar refractivity (Wildman–Crippen MR) is 65.8 cm³/mol. The Morgan fingerprint density at radius 3 is 2.13 bits per heavy atom. The van der Waals surface area contributed by atoms with Gasteiger partial charge in [0.05, 0.1) is 0 Å². The molecule has 0 aliphatic rings.